The Morgan fingerprint density at radius 3 is 2.67 bits per heavy atom. The van der Waals surface area contributed by atoms with E-state index < -0.39 is 0 Å². The van der Waals surface area contributed by atoms with Gasteiger partial charge in [0, 0.05) is 11.8 Å². The van der Waals surface area contributed by atoms with E-state index in [1.807, 2.05) is 54.6 Å². The molecule has 8 heteroatoms. The number of hydrogen-bond donors (Lipinski definition) is 1. The molecule has 0 fully saturated rings. The van der Waals surface area contributed by atoms with Gasteiger partial charge < -0.3 is 14.8 Å². The number of nitrogens with one attached hydrogen (secondary N) is 1. The van der Waals surface area contributed by atoms with Gasteiger partial charge in [0.15, 0.2) is 18.2 Å². The number of pyridine rings is 1. The lowest BCUT2D eigenvalue weighted by atomic mass is 10.2. The van der Waals surface area contributed by atoms with Crippen molar-refractivity contribution in [2.24, 2.45) is 0 Å². The van der Waals surface area contributed by atoms with Gasteiger partial charge in [-0.15, -0.1) is 0 Å². The zero-order chi connectivity index (χ0) is 20.5. The highest BCUT2D eigenvalue weighted by Crippen LogP contribution is 2.40. The van der Waals surface area contributed by atoms with Crippen LogP contribution >= 0.6 is 0 Å². The first-order valence-electron chi connectivity index (χ1n) is 9.52. The lowest BCUT2D eigenvalue weighted by Gasteiger charge is -2.32. The highest BCUT2D eigenvalue weighted by atomic mass is 16.5. The first-order valence-corrected chi connectivity index (χ1v) is 9.52. The van der Waals surface area contributed by atoms with Crippen LogP contribution in [0.3, 0.4) is 0 Å². The maximum absolute atomic E-state index is 12.8. The minimum atomic E-state index is -0.293. The molecule has 150 valence electrons. The summed E-state index contributed by atoms with van der Waals surface area (Å²) in [5.74, 6) is 1.27. The van der Waals surface area contributed by atoms with E-state index in [9.17, 15) is 9.59 Å². The molecule has 2 aliphatic heterocycles. The summed E-state index contributed by atoms with van der Waals surface area (Å²) in [7, 11) is 0. The average Bonchev–Trinajstić information content (AvgIpc) is 2.79. The van der Waals surface area contributed by atoms with Gasteiger partial charge in [-0.1, -0.05) is 30.3 Å². The Balaban J connectivity index is 1.46. The predicted molar refractivity (Wildman–Crippen MR) is 112 cm³/mol. The molecule has 30 heavy (non-hydrogen) atoms. The van der Waals surface area contributed by atoms with Crippen molar-refractivity contribution in [2.75, 3.05) is 34.9 Å². The van der Waals surface area contributed by atoms with Crippen molar-refractivity contribution in [3.05, 3.63) is 66.9 Å². The van der Waals surface area contributed by atoms with Gasteiger partial charge in [-0.25, -0.2) is 9.78 Å². The quantitative estimate of drug-likeness (QED) is 0.709. The van der Waals surface area contributed by atoms with Crippen LogP contribution in [0, 0.1) is 0 Å². The molecule has 0 bridgehead atoms. The van der Waals surface area contributed by atoms with Crippen LogP contribution in [0.25, 0.3) is 0 Å². The Bertz CT molecular complexity index is 1120. The van der Waals surface area contributed by atoms with E-state index in [1.54, 1.807) is 17.2 Å². The molecule has 3 amide bonds. The fourth-order valence-electron chi connectivity index (χ4n) is 3.51. The number of anilines is 4. The van der Waals surface area contributed by atoms with E-state index in [0.29, 0.717) is 47.5 Å². The number of aromatic nitrogens is 1. The van der Waals surface area contributed by atoms with Crippen molar-refractivity contribution >= 4 is 34.8 Å². The number of para-hydroxylation sites is 3. The van der Waals surface area contributed by atoms with E-state index >= 15 is 0 Å². The number of carbonyl (C=O) groups excluding carboxylic acids is 2. The zero-order valence-electron chi connectivity index (χ0n) is 15.9. The van der Waals surface area contributed by atoms with Crippen molar-refractivity contribution in [2.45, 2.75) is 0 Å². The minimum absolute atomic E-state index is 0.0550. The summed E-state index contributed by atoms with van der Waals surface area (Å²) in [4.78, 5) is 32.9. The van der Waals surface area contributed by atoms with Gasteiger partial charge >= 0.3 is 6.03 Å². The molecule has 1 aromatic heterocycles. The zero-order valence-corrected chi connectivity index (χ0v) is 15.9. The average molecular weight is 402 g/mol. The summed E-state index contributed by atoms with van der Waals surface area (Å²) < 4.78 is 11.3. The standard InChI is InChI=1S/C22H18N4O4/c27-20-14-30-18-9-5-4-8-17(18)26(20)16-12-19-21(23-13-16)25(10-11-29-19)22(28)24-15-6-2-1-3-7-15/h1-9,12-13H,10-11,14H2,(H,24,28). The van der Waals surface area contributed by atoms with Crippen molar-refractivity contribution in [3.63, 3.8) is 0 Å². The van der Waals surface area contributed by atoms with E-state index in [0.717, 1.165) is 0 Å². The fourth-order valence-corrected chi connectivity index (χ4v) is 3.51. The smallest absolute Gasteiger partial charge is 0.327 e. The molecule has 0 saturated carbocycles. The van der Waals surface area contributed by atoms with Gasteiger partial charge in [-0.2, -0.15) is 0 Å². The van der Waals surface area contributed by atoms with Crippen LogP contribution in [0.5, 0.6) is 11.5 Å². The number of benzene rings is 2. The number of urea groups is 1. The number of nitrogens with zero attached hydrogens (tertiary/aromatic N) is 3. The predicted octanol–water partition coefficient (Wildman–Crippen LogP) is 3.57. The Labute approximate surface area is 172 Å². The van der Waals surface area contributed by atoms with E-state index in [1.165, 1.54) is 4.90 Å². The number of carbonyl (C=O) groups is 2. The third-order valence-corrected chi connectivity index (χ3v) is 4.88. The lowest BCUT2D eigenvalue weighted by Crippen LogP contribution is -2.41. The molecule has 1 N–H and O–H groups in total. The molecule has 0 saturated heterocycles. The van der Waals surface area contributed by atoms with Gasteiger partial charge in [-0.3, -0.25) is 14.6 Å². The summed E-state index contributed by atoms with van der Waals surface area (Å²) >= 11 is 0. The van der Waals surface area contributed by atoms with E-state index in [4.69, 9.17) is 9.47 Å². The second-order valence-electron chi connectivity index (χ2n) is 6.80. The van der Waals surface area contributed by atoms with Gasteiger partial charge in [0.2, 0.25) is 0 Å². The van der Waals surface area contributed by atoms with Crippen LogP contribution in [0.15, 0.2) is 66.9 Å². The Hall–Kier alpha value is -4.07. The Morgan fingerprint density at radius 2 is 1.80 bits per heavy atom. The molecule has 0 spiro atoms. The largest absolute Gasteiger partial charge is 0.488 e. The summed E-state index contributed by atoms with van der Waals surface area (Å²) in [5.41, 5.74) is 1.90. The van der Waals surface area contributed by atoms with Crippen LogP contribution in [0.2, 0.25) is 0 Å². The molecule has 0 unspecified atom stereocenters. The van der Waals surface area contributed by atoms with Crippen LogP contribution in [0.4, 0.5) is 27.7 Å². The number of amides is 3. The number of fused-ring (bicyclic) bond motifs is 2. The topological polar surface area (TPSA) is 84.0 Å². The van der Waals surface area contributed by atoms with Gasteiger partial charge in [0.1, 0.15) is 12.4 Å². The number of ether oxygens (including phenoxy) is 2. The summed E-state index contributed by atoms with van der Waals surface area (Å²) in [6.45, 7) is 0.645. The summed E-state index contributed by atoms with van der Waals surface area (Å²) in [6.07, 6.45) is 1.57. The summed E-state index contributed by atoms with van der Waals surface area (Å²) in [5, 5.41) is 2.86. The monoisotopic (exact) mass is 402 g/mol. The Kier molecular flexibility index (Phi) is 4.44. The lowest BCUT2D eigenvalue weighted by molar-refractivity contribution is -0.120. The first-order chi connectivity index (χ1) is 14.7. The second-order valence-corrected chi connectivity index (χ2v) is 6.80. The molecule has 0 atom stereocenters. The number of hydrogen-bond acceptors (Lipinski definition) is 5. The molecule has 2 aromatic carbocycles. The molecule has 3 heterocycles. The second kappa shape index (κ2) is 7.40. The highest BCUT2D eigenvalue weighted by Gasteiger charge is 2.30. The van der Waals surface area contributed by atoms with Crippen molar-refractivity contribution in [1.29, 1.82) is 0 Å². The number of rotatable bonds is 2. The maximum Gasteiger partial charge on any atom is 0.327 e. The van der Waals surface area contributed by atoms with E-state index in [2.05, 4.69) is 10.3 Å². The molecule has 2 aliphatic rings. The van der Waals surface area contributed by atoms with Crippen LogP contribution < -0.4 is 24.6 Å². The maximum atomic E-state index is 12.8. The first kappa shape index (κ1) is 18.0. The van der Waals surface area contributed by atoms with Gasteiger partial charge in [-0.05, 0) is 24.3 Å². The van der Waals surface area contributed by atoms with Crippen LogP contribution in [-0.4, -0.2) is 36.7 Å². The van der Waals surface area contributed by atoms with Crippen LogP contribution in [-0.2, 0) is 4.79 Å². The molecule has 0 aliphatic carbocycles. The van der Waals surface area contributed by atoms with Crippen LogP contribution in [0.1, 0.15) is 0 Å². The fraction of sp³-hybridized carbons (Fsp3) is 0.136. The Morgan fingerprint density at radius 1 is 1.00 bits per heavy atom. The molecule has 8 nitrogen and oxygen atoms in total. The van der Waals surface area contributed by atoms with Crippen molar-refractivity contribution in [3.8, 4) is 11.5 Å². The minimum Gasteiger partial charge on any atom is -0.488 e. The third-order valence-electron chi connectivity index (χ3n) is 4.88. The SMILES string of the molecule is O=C(Nc1ccccc1)N1CCOc2cc(N3C(=O)COc4ccccc43)cnc21. The molecular formula is C22H18N4O4. The highest BCUT2D eigenvalue weighted by molar-refractivity contribution is 6.05. The molecule has 5 rings (SSSR count). The van der Waals surface area contributed by atoms with Crippen molar-refractivity contribution < 1.29 is 19.1 Å². The van der Waals surface area contributed by atoms with E-state index in [-0.39, 0.29) is 18.5 Å². The van der Waals surface area contributed by atoms with Gasteiger partial charge in [0.25, 0.3) is 5.91 Å². The molecule has 3 aromatic rings. The molecule has 0 radical (unpaired) electrons. The summed E-state index contributed by atoms with van der Waals surface area (Å²) in [6, 6.07) is 18.0. The normalized spacial score (nSPS) is 14.9. The molecular weight excluding hydrogens is 384 g/mol. The van der Waals surface area contributed by atoms with Gasteiger partial charge in [0.05, 0.1) is 24.1 Å². The van der Waals surface area contributed by atoms with Crippen molar-refractivity contribution in [1.82, 2.24) is 4.98 Å². The third kappa shape index (κ3) is 3.18.